The Kier molecular flexibility index (Phi) is 4.57. The number of amides is 1. The van der Waals surface area contributed by atoms with Crippen molar-refractivity contribution in [2.24, 2.45) is 5.92 Å². The van der Waals surface area contributed by atoms with Crippen LogP contribution in [0.2, 0.25) is 0 Å². The number of carbonyl (C=O) groups is 1. The van der Waals surface area contributed by atoms with E-state index < -0.39 is 0 Å². The normalized spacial score (nSPS) is 18.4. The van der Waals surface area contributed by atoms with Crippen LogP contribution in [0.5, 0.6) is 0 Å². The van der Waals surface area contributed by atoms with Crippen LogP contribution in [-0.2, 0) is 0 Å². The molecule has 2 aromatic rings. The molecule has 4 nitrogen and oxygen atoms in total. The zero-order valence-electron chi connectivity index (χ0n) is 13.6. The molecule has 0 saturated carbocycles. The highest BCUT2D eigenvalue weighted by Gasteiger charge is 2.25. The number of carbonyl (C=O) groups excluding carboxylic acids is 1. The maximum atomic E-state index is 13.3. The molecule has 1 saturated heterocycles. The van der Waals surface area contributed by atoms with Crippen LogP contribution in [0.3, 0.4) is 0 Å². The summed E-state index contributed by atoms with van der Waals surface area (Å²) in [6, 6.07) is 6.31. The van der Waals surface area contributed by atoms with E-state index in [0.29, 0.717) is 22.7 Å². The monoisotopic (exact) mass is 315 g/mol. The third-order valence-corrected chi connectivity index (χ3v) is 4.50. The lowest BCUT2D eigenvalue weighted by molar-refractivity contribution is 0.0673. The van der Waals surface area contributed by atoms with Gasteiger partial charge in [0.2, 0.25) is 0 Å². The lowest BCUT2D eigenvalue weighted by atomic mass is 9.97. The van der Waals surface area contributed by atoms with Crippen molar-refractivity contribution < 1.29 is 9.18 Å². The highest BCUT2D eigenvalue weighted by atomic mass is 19.1. The number of aromatic nitrogens is 1. The number of pyridine rings is 1. The van der Waals surface area contributed by atoms with Crippen LogP contribution in [0.1, 0.15) is 28.9 Å². The highest BCUT2D eigenvalue weighted by Crippen LogP contribution is 2.22. The maximum absolute atomic E-state index is 13.3. The Morgan fingerprint density at radius 2 is 2.26 bits per heavy atom. The second-order valence-corrected chi connectivity index (χ2v) is 6.28. The van der Waals surface area contributed by atoms with Gasteiger partial charge in [0.05, 0.1) is 16.8 Å². The van der Waals surface area contributed by atoms with Crippen molar-refractivity contribution in [1.82, 2.24) is 15.2 Å². The molecule has 3 rings (SSSR count). The minimum Gasteiger partial charge on any atom is -0.338 e. The molecule has 23 heavy (non-hydrogen) atoms. The summed E-state index contributed by atoms with van der Waals surface area (Å²) in [6.45, 7) is 4.31. The van der Waals surface area contributed by atoms with E-state index in [2.05, 4.69) is 10.3 Å². The lowest BCUT2D eigenvalue weighted by Gasteiger charge is -2.33. The van der Waals surface area contributed by atoms with E-state index >= 15 is 0 Å². The molecule has 1 fully saturated rings. The number of fused-ring (bicyclic) bond motifs is 1. The van der Waals surface area contributed by atoms with Gasteiger partial charge in [-0.3, -0.25) is 9.78 Å². The largest absolute Gasteiger partial charge is 0.338 e. The SMILES string of the molecule is CNC[C@@H]1CCCN(C(=O)c2cc3ccc(F)cc3nc2C)C1. The van der Waals surface area contributed by atoms with Gasteiger partial charge in [-0.2, -0.15) is 0 Å². The van der Waals surface area contributed by atoms with Crippen molar-refractivity contribution in [3.05, 3.63) is 41.3 Å². The number of piperidine rings is 1. The van der Waals surface area contributed by atoms with Crippen LogP contribution >= 0.6 is 0 Å². The van der Waals surface area contributed by atoms with Gasteiger partial charge in [-0.15, -0.1) is 0 Å². The summed E-state index contributed by atoms with van der Waals surface area (Å²) in [5, 5.41) is 3.99. The Labute approximate surface area is 135 Å². The van der Waals surface area contributed by atoms with E-state index in [4.69, 9.17) is 0 Å². The first-order valence-corrected chi connectivity index (χ1v) is 8.09. The molecule has 0 spiro atoms. The second-order valence-electron chi connectivity index (χ2n) is 6.28. The molecule has 0 aliphatic carbocycles. The minimum atomic E-state index is -0.311. The number of hydrogen-bond acceptors (Lipinski definition) is 3. The number of nitrogens with one attached hydrogen (secondary N) is 1. The molecule has 1 aliphatic heterocycles. The van der Waals surface area contributed by atoms with Crippen molar-refractivity contribution >= 4 is 16.8 Å². The van der Waals surface area contributed by atoms with Gasteiger partial charge in [0, 0.05) is 24.5 Å². The maximum Gasteiger partial charge on any atom is 0.255 e. The van der Waals surface area contributed by atoms with Gasteiger partial charge < -0.3 is 10.2 Å². The smallest absolute Gasteiger partial charge is 0.255 e. The number of likely N-dealkylation sites (tertiary alicyclic amines) is 1. The number of benzene rings is 1. The molecule has 122 valence electrons. The summed E-state index contributed by atoms with van der Waals surface area (Å²) < 4.78 is 13.3. The average molecular weight is 315 g/mol. The molecule has 5 heteroatoms. The zero-order chi connectivity index (χ0) is 16.4. The van der Waals surface area contributed by atoms with Crippen molar-refractivity contribution in [2.45, 2.75) is 19.8 Å². The van der Waals surface area contributed by atoms with Crippen LogP contribution in [0.15, 0.2) is 24.3 Å². The van der Waals surface area contributed by atoms with Crippen molar-refractivity contribution in [3.8, 4) is 0 Å². The van der Waals surface area contributed by atoms with Crippen LogP contribution in [0.4, 0.5) is 4.39 Å². The number of halogens is 1. The van der Waals surface area contributed by atoms with Gasteiger partial charge in [-0.05, 0) is 57.5 Å². The van der Waals surface area contributed by atoms with Gasteiger partial charge >= 0.3 is 0 Å². The molecule has 1 atom stereocenters. The van der Waals surface area contributed by atoms with E-state index in [1.807, 2.05) is 24.9 Å². The van der Waals surface area contributed by atoms with Gasteiger partial charge in [0.1, 0.15) is 5.82 Å². The summed E-state index contributed by atoms with van der Waals surface area (Å²) >= 11 is 0. The second kappa shape index (κ2) is 6.62. The van der Waals surface area contributed by atoms with Gasteiger partial charge in [0.25, 0.3) is 5.91 Å². The lowest BCUT2D eigenvalue weighted by Crippen LogP contribution is -2.42. The molecule has 0 unspecified atom stereocenters. The zero-order valence-corrected chi connectivity index (χ0v) is 13.6. The fraction of sp³-hybridized carbons (Fsp3) is 0.444. The van der Waals surface area contributed by atoms with Crippen LogP contribution in [-0.4, -0.2) is 42.5 Å². The summed E-state index contributed by atoms with van der Waals surface area (Å²) in [6.07, 6.45) is 2.18. The molecule has 1 amide bonds. The first-order valence-electron chi connectivity index (χ1n) is 8.09. The van der Waals surface area contributed by atoms with Crippen molar-refractivity contribution in [1.29, 1.82) is 0 Å². The van der Waals surface area contributed by atoms with Crippen LogP contribution in [0.25, 0.3) is 10.9 Å². The summed E-state index contributed by atoms with van der Waals surface area (Å²) in [7, 11) is 1.94. The van der Waals surface area contributed by atoms with E-state index in [-0.39, 0.29) is 11.7 Å². The highest BCUT2D eigenvalue weighted by molar-refractivity contribution is 5.98. The Balaban J connectivity index is 1.88. The molecule has 0 bridgehead atoms. The Bertz CT molecular complexity index is 730. The van der Waals surface area contributed by atoms with E-state index in [9.17, 15) is 9.18 Å². The van der Waals surface area contributed by atoms with E-state index in [1.165, 1.54) is 12.1 Å². The van der Waals surface area contributed by atoms with Crippen molar-refractivity contribution in [3.63, 3.8) is 0 Å². The van der Waals surface area contributed by atoms with Gasteiger partial charge in [-0.1, -0.05) is 0 Å². The van der Waals surface area contributed by atoms with Gasteiger partial charge in [-0.25, -0.2) is 4.39 Å². The molecular weight excluding hydrogens is 293 g/mol. The first kappa shape index (κ1) is 15.9. The molecular formula is C18H22FN3O. The summed E-state index contributed by atoms with van der Waals surface area (Å²) in [5.74, 6) is 0.219. The van der Waals surface area contributed by atoms with E-state index in [0.717, 1.165) is 37.9 Å². The summed E-state index contributed by atoms with van der Waals surface area (Å²) in [5.41, 5.74) is 1.86. The van der Waals surface area contributed by atoms with Gasteiger partial charge in [0.15, 0.2) is 0 Å². The minimum absolute atomic E-state index is 0.0297. The molecule has 1 aliphatic rings. The Morgan fingerprint density at radius 3 is 3.04 bits per heavy atom. The number of nitrogens with zero attached hydrogens (tertiary/aromatic N) is 2. The quantitative estimate of drug-likeness (QED) is 0.947. The van der Waals surface area contributed by atoms with Crippen LogP contribution in [0, 0.1) is 18.7 Å². The topological polar surface area (TPSA) is 45.2 Å². The average Bonchev–Trinajstić information content (AvgIpc) is 2.54. The predicted octanol–water partition coefficient (Wildman–Crippen LogP) is 2.75. The number of rotatable bonds is 3. The fourth-order valence-corrected chi connectivity index (χ4v) is 3.33. The Morgan fingerprint density at radius 1 is 1.43 bits per heavy atom. The third kappa shape index (κ3) is 3.34. The fourth-order valence-electron chi connectivity index (χ4n) is 3.33. The molecule has 1 aromatic heterocycles. The van der Waals surface area contributed by atoms with E-state index in [1.54, 1.807) is 6.07 Å². The van der Waals surface area contributed by atoms with Crippen molar-refractivity contribution in [2.75, 3.05) is 26.7 Å². The predicted molar refractivity (Wildman–Crippen MR) is 89.0 cm³/mol. The van der Waals surface area contributed by atoms with Crippen LogP contribution < -0.4 is 5.32 Å². The first-order chi connectivity index (χ1) is 11.1. The molecule has 0 radical (unpaired) electrons. The number of hydrogen-bond donors (Lipinski definition) is 1. The Hall–Kier alpha value is -2.01. The third-order valence-electron chi connectivity index (χ3n) is 4.50. The number of aryl methyl sites for hydroxylation is 1. The standard InChI is InChI=1S/C18H22FN3O/c1-12-16(8-14-5-6-15(19)9-17(14)21-12)18(23)22-7-3-4-13(11-22)10-20-2/h5-6,8-9,13,20H,3-4,7,10-11H2,1-2H3/t13-/m0/s1. The summed E-state index contributed by atoms with van der Waals surface area (Å²) in [4.78, 5) is 19.2. The molecule has 1 N–H and O–H groups in total. The molecule has 2 heterocycles. The molecule has 1 aromatic carbocycles.